The van der Waals surface area contributed by atoms with Crippen molar-refractivity contribution in [2.24, 2.45) is 5.92 Å². The van der Waals surface area contributed by atoms with Crippen LogP contribution in [0.15, 0.2) is 126 Å². The molecule has 0 amide bonds. The normalized spacial score (nSPS) is 13.0. The van der Waals surface area contributed by atoms with E-state index in [1.165, 1.54) is 5.56 Å². The molecule has 2 nitrogen and oxygen atoms in total. The molecule has 0 aromatic heterocycles. The van der Waals surface area contributed by atoms with Gasteiger partial charge in [0.1, 0.15) is 0 Å². The standard InChI is InChI=1S/C34H41BrN2/c1-9-29(15-13-28(6)37(7)8)14-10-27(5)22-32(30-16-11-26(4)12-17-30)23-34(36-24-25(2)3)31-18-20-33(35)21-19-31/h9-23,25,36H,5-6,24H2,1-4,7-8H3/b14-10+,15-13-,29-9-,32-22+,34-23-. The second kappa shape index (κ2) is 15.1. The zero-order valence-corrected chi connectivity index (χ0v) is 24.8. The van der Waals surface area contributed by atoms with E-state index in [2.05, 4.69) is 140 Å². The van der Waals surface area contributed by atoms with Gasteiger partial charge >= 0.3 is 0 Å². The van der Waals surface area contributed by atoms with Gasteiger partial charge in [0.15, 0.2) is 0 Å². The first-order chi connectivity index (χ1) is 17.6. The predicted molar refractivity (Wildman–Crippen MR) is 168 cm³/mol. The number of benzene rings is 2. The highest BCUT2D eigenvalue weighted by Gasteiger charge is 2.07. The predicted octanol–water partition coefficient (Wildman–Crippen LogP) is 9.12. The molecule has 0 bridgehead atoms. The van der Waals surface area contributed by atoms with Crippen molar-refractivity contribution in [3.63, 3.8) is 0 Å². The van der Waals surface area contributed by atoms with Gasteiger partial charge in [-0.25, -0.2) is 0 Å². The number of aryl methyl sites for hydroxylation is 1. The Balaban J connectivity index is 2.47. The third-order valence-corrected chi connectivity index (χ3v) is 6.28. The van der Waals surface area contributed by atoms with E-state index in [4.69, 9.17) is 0 Å². The summed E-state index contributed by atoms with van der Waals surface area (Å²) in [5.41, 5.74) is 8.68. The van der Waals surface area contributed by atoms with Crippen LogP contribution < -0.4 is 5.32 Å². The third-order valence-electron chi connectivity index (χ3n) is 5.75. The van der Waals surface area contributed by atoms with Crippen molar-refractivity contribution < 1.29 is 0 Å². The SMILES string of the molecule is C=C(/C=C/C(/C=C\C(=C)N(C)C)=C/C)/C=C(\C=C(/NCC(C)C)c1ccc(Br)cc1)c1ccc(C)cc1. The van der Waals surface area contributed by atoms with Crippen LogP contribution in [-0.4, -0.2) is 25.5 Å². The molecular formula is C34H41BrN2. The number of halogens is 1. The summed E-state index contributed by atoms with van der Waals surface area (Å²) in [5.74, 6) is 0.527. The molecule has 2 aromatic carbocycles. The van der Waals surface area contributed by atoms with E-state index in [-0.39, 0.29) is 0 Å². The van der Waals surface area contributed by atoms with Crippen molar-refractivity contribution in [3.8, 4) is 0 Å². The molecule has 0 heterocycles. The molecular weight excluding hydrogens is 516 g/mol. The van der Waals surface area contributed by atoms with Crippen LogP contribution in [0.25, 0.3) is 11.3 Å². The lowest BCUT2D eigenvalue weighted by molar-refractivity contribution is 0.532. The zero-order chi connectivity index (χ0) is 27.4. The van der Waals surface area contributed by atoms with Gasteiger partial charge in [-0.15, -0.1) is 0 Å². The fourth-order valence-corrected chi connectivity index (χ4v) is 3.59. The molecule has 194 valence electrons. The molecule has 0 saturated carbocycles. The Hall–Kier alpha value is -3.30. The molecule has 0 saturated heterocycles. The summed E-state index contributed by atoms with van der Waals surface area (Å²) < 4.78 is 1.07. The minimum Gasteiger partial charge on any atom is -0.384 e. The lowest BCUT2D eigenvalue weighted by atomic mass is 9.98. The number of hydrogen-bond donors (Lipinski definition) is 1. The Labute approximate surface area is 233 Å². The van der Waals surface area contributed by atoms with Gasteiger partial charge in [0.05, 0.1) is 0 Å². The highest BCUT2D eigenvalue weighted by molar-refractivity contribution is 9.10. The van der Waals surface area contributed by atoms with Crippen molar-refractivity contribution in [2.75, 3.05) is 20.6 Å². The molecule has 0 atom stereocenters. The van der Waals surface area contributed by atoms with Crippen LogP contribution in [0.3, 0.4) is 0 Å². The topological polar surface area (TPSA) is 15.3 Å². The molecule has 0 spiro atoms. The van der Waals surface area contributed by atoms with E-state index < -0.39 is 0 Å². The Bertz CT molecular complexity index is 1200. The van der Waals surface area contributed by atoms with Crippen LogP contribution in [-0.2, 0) is 0 Å². The zero-order valence-electron chi connectivity index (χ0n) is 23.2. The summed E-state index contributed by atoms with van der Waals surface area (Å²) in [6.45, 7) is 17.9. The summed E-state index contributed by atoms with van der Waals surface area (Å²) in [6, 6.07) is 17.1. The number of allylic oxidation sites excluding steroid dienone is 10. The van der Waals surface area contributed by atoms with Crippen molar-refractivity contribution in [1.82, 2.24) is 10.2 Å². The Kier molecular flexibility index (Phi) is 12.2. The summed E-state index contributed by atoms with van der Waals surface area (Å²) in [5, 5.41) is 3.66. The van der Waals surface area contributed by atoms with Gasteiger partial charge in [-0.3, -0.25) is 0 Å². The van der Waals surface area contributed by atoms with Crippen LogP contribution in [0, 0.1) is 12.8 Å². The first-order valence-corrected chi connectivity index (χ1v) is 13.5. The van der Waals surface area contributed by atoms with Crippen LogP contribution >= 0.6 is 15.9 Å². The first-order valence-electron chi connectivity index (χ1n) is 12.7. The maximum absolute atomic E-state index is 4.34. The lowest BCUT2D eigenvalue weighted by Crippen LogP contribution is -2.18. The van der Waals surface area contributed by atoms with E-state index in [0.717, 1.165) is 50.3 Å². The third kappa shape index (κ3) is 10.7. The lowest BCUT2D eigenvalue weighted by Gasteiger charge is -2.15. The summed E-state index contributed by atoms with van der Waals surface area (Å²) in [4.78, 5) is 1.99. The van der Waals surface area contributed by atoms with Gasteiger partial charge in [-0.05, 0) is 78.0 Å². The summed E-state index contributed by atoms with van der Waals surface area (Å²) in [7, 11) is 3.98. The summed E-state index contributed by atoms with van der Waals surface area (Å²) in [6.07, 6.45) is 14.7. The second-order valence-electron chi connectivity index (χ2n) is 9.72. The Morgan fingerprint density at radius 2 is 1.49 bits per heavy atom. The van der Waals surface area contributed by atoms with Gasteiger partial charge in [-0.1, -0.05) is 109 Å². The highest BCUT2D eigenvalue weighted by atomic mass is 79.9. The number of hydrogen-bond acceptors (Lipinski definition) is 2. The van der Waals surface area contributed by atoms with Gasteiger partial charge in [0, 0.05) is 36.5 Å². The molecule has 37 heavy (non-hydrogen) atoms. The smallest absolute Gasteiger partial charge is 0.0420 e. The number of nitrogens with zero attached hydrogens (tertiary/aromatic N) is 1. The molecule has 0 aliphatic rings. The van der Waals surface area contributed by atoms with E-state index in [9.17, 15) is 0 Å². The monoisotopic (exact) mass is 556 g/mol. The largest absolute Gasteiger partial charge is 0.384 e. The maximum Gasteiger partial charge on any atom is 0.0420 e. The van der Waals surface area contributed by atoms with Crippen LogP contribution in [0.1, 0.15) is 37.5 Å². The van der Waals surface area contributed by atoms with Gasteiger partial charge in [0.25, 0.3) is 0 Å². The van der Waals surface area contributed by atoms with Crippen LogP contribution in [0.2, 0.25) is 0 Å². The van der Waals surface area contributed by atoms with Crippen molar-refractivity contribution >= 4 is 27.2 Å². The number of likely N-dealkylation sites (N-methyl/N-ethyl adjacent to an activating group) is 1. The fourth-order valence-electron chi connectivity index (χ4n) is 3.33. The minimum absolute atomic E-state index is 0.527. The number of nitrogens with one attached hydrogen (secondary N) is 1. The maximum atomic E-state index is 4.34. The number of rotatable bonds is 12. The average Bonchev–Trinajstić information content (AvgIpc) is 2.86. The van der Waals surface area contributed by atoms with E-state index in [1.807, 2.05) is 32.0 Å². The van der Waals surface area contributed by atoms with Crippen molar-refractivity contribution in [3.05, 3.63) is 142 Å². The molecule has 0 fully saturated rings. The molecule has 2 rings (SSSR count). The summed E-state index contributed by atoms with van der Waals surface area (Å²) >= 11 is 3.56. The molecule has 1 N–H and O–H groups in total. The van der Waals surface area contributed by atoms with Crippen LogP contribution in [0.5, 0.6) is 0 Å². The van der Waals surface area contributed by atoms with Gasteiger partial charge in [0.2, 0.25) is 0 Å². The second-order valence-corrected chi connectivity index (χ2v) is 10.6. The van der Waals surface area contributed by atoms with Gasteiger partial charge < -0.3 is 10.2 Å². The van der Waals surface area contributed by atoms with Crippen LogP contribution in [0.4, 0.5) is 0 Å². The minimum atomic E-state index is 0.527. The molecule has 0 aliphatic carbocycles. The first kappa shape index (κ1) is 29.9. The Morgan fingerprint density at radius 1 is 0.892 bits per heavy atom. The molecule has 2 aromatic rings. The van der Waals surface area contributed by atoms with E-state index in [0.29, 0.717) is 5.92 Å². The molecule has 3 heteroatoms. The molecule has 0 aliphatic heterocycles. The average molecular weight is 558 g/mol. The van der Waals surface area contributed by atoms with E-state index >= 15 is 0 Å². The molecule has 0 radical (unpaired) electrons. The fraction of sp³-hybridized carbons (Fsp3) is 0.235. The van der Waals surface area contributed by atoms with E-state index in [1.54, 1.807) is 0 Å². The van der Waals surface area contributed by atoms with Gasteiger partial charge in [-0.2, -0.15) is 0 Å². The van der Waals surface area contributed by atoms with Crippen molar-refractivity contribution in [2.45, 2.75) is 27.7 Å². The Morgan fingerprint density at radius 3 is 2.05 bits per heavy atom. The molecule has 0 unspecified atom stereocenters. The highest BCUT2D eigenvalue weighted by Crippen LogP contribution is 2.25. The quantitative estimate of drug-likeness (QED) is 0.262. The van der Waals surface area contributed by atoms with Crippen molar-refractivity contribution in [1.29, 1.82) is 0 Å².